The third-order valence-corrected chi connectivity index (χ3v) is 3.75. The van der Waals surface area contributed by atoms with Crippen molar-refractivity contribution in [2.75, 3.05) is 13.7 Å². The highest BCUT2D eigenvalue weighted by Gasteiger charge is 2.16. The van der Waals surface area contributed by atoms with E-state index in [9.17, 15) is 5.11 Å². The minimum Gasteiger partial charge on any atom is -0.504 e. The van der Waals surface area contributed by atoms with E-state index in [-0.39, 0.29) is 5.75 Å². The van der Waals surface area contributed by atoms with E-state index in [4.69, 9.17) is 4.74 Å². The Bertz CT molecular complexity index is 482. The lowest BCUT2D eigenvalue weighted by Gasteiger charge is -2.16. The molecule has 1 aromatic carbocycles. The average Bonchev–Trinajstić information content (AvgIpc) is 2.99. The van der Waals surface area contributed by atoms with E-state index in [0.717, 1.165) is 18.1 Å². The largest absolute Gasteiger partial charge is 0.504 e. The summed E-state index contributed by atoms with van der Waals surface area (Å²) in [7, 11) is 1.55. The Labute approximate surface area is 126 Å². The van der Waals surface area contributed by atoms with E-state index >= 15 is 0 Å². The Balaban J connectivity index is 2.04. The molecule has 0 radical (unpaired) electrons. The molecule has 1 aromatic rings. The number of phenolic OH excluding ortho intramolecular Hbond substituents is 1. The maximum absolute atomic E-state index is 10.1. The first kappa shape index (κ1) is 15.5. The fraction of sp³-hybridized carbons (Fsp3) is 0.562. The second-order valence-corrected chi connectivity index (χ2v) is 5.29. The minimum absolute atomic E-state index is 0.167. The molecule has 1 aliphatic carbocycles. The van der Waals surface area contributed by atoms with Crippen molar-refractivity contribution in [2.24, 2.45) is 4.99 Å². The first-order valence-electron chi connectivity index (χ1n) is 7.64. The fourth-order valence-corrected chi connectivity index (χ4v) is 2.61. The van der Waals surface area contributed by atoms with Crippen LogP contribution in [0.5, 0.6) is 11.5 Å². The molecule has 0 spiro atoms. The molecular formula is C16H25N3O2. The van der Waals surface area contributed by atoms with Crippen LogP contribution < -0.4 is 15.4 Å². The number of methoxy groups -OCH3 is 1. The Kier molecular flexibility index (Phi) is 5.72. The molecule has 21 heavy (non-hydrogen) atoms. The number of guanidine groups is 1. The topological polar surface area (TPSA) is 65.9 Å². The summed E-state index contributed by atoms with van der Waals surface area (Å²) >= 11 is 0. The summed E-state index contributed by atoms with van der Waals surface area (Å²) in [5.41, 5.74) is 0.762. The van der Waals surface area contributed by atoms with Gasteiger partial charge in [-0.05, 0) is 25.8 Å². The molecule has 3 N–H and O–H groups in total. The molecule has 116 valence electrons. The number of hydrogen-bond donors (Lipinski definition) is 3. The van der Waals surface area contributed by atoms with Gasteiger partial charge < -0.3 is 20.5 Å². The second-order valence-electron chi connectivity index (χ2n) is 5.29. The van der Waals surface area contributed by atoms with Gasteiger partial charge >= 0.3 is 0 Å². The molecule has 1 fully saturated rings. The van der Waals surface area contributed by atoms with Crippen molar-refractivity contribution in [1.29, 1.82) is 0 Å². The molecule has 0 amide bonds. The van der Waals surface area contributed by atoms with Gasteiger partial charge in [0.15, 0.2) is 17.5 Å². The third-order valence-electron chi connectivity index (χ3n) is 3.75. The molecule has 1 aliphatic rings. The zero-order valence-corrected chi connectivity index (χ0v) is 12.9. The lowest BCUT2D eigenvalue weighted by Crippen LogP contribution is -2.42. The van der Waals surface area contributed by atoms with Crippen LogP contribution in [0.15, 0.2) is 23.2 Å². The summed E-state index contributed by atoms with van der Waals surface area (Å²) in [6.07, 6.45) is 4.98. The van der Waals surface area contributed by atoms with Crippen molar-refractivity contribution in [3.8, 4) is 11.5 Å². The van der Waals surface area contributed by atoms with Crippen LogP contribution in [0.1, 0.15) is 38.2 Å². The summed E-state index contributed by atoms with van der Waals surface area (Å²) in [6, 6.07) is 5.98. The summed E-state index contributed by atoms with van der Waals surface area (Å²) in [4.78, 5) is 4.56. The van der Waals surface area contributed by atoms with Gasteiger partial charge in [0.2, 0.25) is 0 Å². The van der Waals surface area contributed by atoms with Crippen molar-refractivity contribution in [1.82, 2.24) is 10.6 Å². The molecule has 2 rings (SSSR count). The number of aliphatic imine (C=N–C) groups is 1. The number of nitrogens with one attached hydrogen (secondary N) is 2. The molecular weight excluding hydrogens is 266 g/mol. The van der Waals surface area contributed by atoms with Crippen LogP contribution in [-0.4, -0.2) is 30.8 Å². The van der Waals surface area contributed by atoms with Crippen LogP contribution in [0.3, 0.4) is 0 Å². The molecule has 1 saturated carbocycles. The molecule has 5 nitrogen and oxygen atoms in total. The van der Waals surface area contributed by atoms with Gasteiger partial charge in [-0.15, -0.1) is 0 Å². The van der Waals surface area contributed by atoms with E-state index in [1.807, 2.05) is 12.1 Å². The molecule has 0 saturated heterocycles. The van der Waals surface area contributed by atoms with Crippen molar-refractivity contribution >= 4 is 5.96 Å². The maximum Gasteiger partial charge on any atom is 0.191 e. The van der Waals surface area contributed by atoms with E-state index in [2.05, 4.69) is 22.5 Å². The van der Waals surface area contributed by atoms with Crippen LogP contribution in [0.25, 0.3) is 0 Å². The van der Waals surface area contributed by atoms with Crippen molar-refractivity contribution in [2.45, 2.75) is 45.2 Å². The number of para-hydroxylation sites is 1. The number of benzene rings is 1. The Morgan fingerprint density at radius 1 is 1.38 bits per heavy atom. The molecule has 0 atom stereocenters. The molecule has 0 aromatic heterocycles. The van der Waals surface area contributed by atoms with Crippen LogP contribution in [0.4, 0.5) is 0 Å². The lowest BCUT2D eigenvalue weighted by molar-refractivity contribution is 0.370. The SMILES string of the molecule is CCNC(=NCc1cccc(OC)c1O)NC1CCCC1. The van der Waals surface area contributed by atoms with Gasteiger partial charge in [0, 0.05) is 18.2 Å². The predicted octanol–water partition coefficient (Wildman–Crippen LogP) is 2.40. The zero-order chi connectivity index (χ0) is 15.1. The Morgan fingerprint density at radius 3 is 2.81 bits per heavy atom. The van der Waals surface area contributed by atoms with Gasteiger partial charge in [-0.2, -0.15) is 0 Å². The summed E-state index contributed by atoms with van der Waals surface area (Å²) in [5.74, 6) is 1.46. The molecule has 0 aliphatic heterocycles. The quantitative estimate of drug-likeness (QED) is 0.576. The first-order chi connectivity index (χ1) is 10.2. The lowest BCUT2D eigenvalue weighted by atomic mass is 10.2. The predicted molar refractivity (Wildman–Crippen MR) is 84.9 cm³/mol. The highest BCUT2D eigenvalue weighted by Crippen LogP contribution is 2.29. The molecule has 0 heterocycles. The highest BCUT2D eigenvalue weighted by molar-refractivity contribution is 5.80. The Hall–Kier alpha value is -1.91. The van der Waals surface area contributed by atoms with Gasteiger partial charge in [0.05, 0.1) is 13.7 Å². The van der Waals surface area contributed by atoms with Gasteiger partial charge in [0.1, 0.15) is 0 Å². The van der Waals surface area contributed by atoms with E-state index in [1.54, 1.807) is 13.2 Å². The first-order valence-corrected chi connectivity index (χ1v) is 7.64. The number of aromatic hydroxyl groups is 1. The highest BCUT2D eigenvalue weighted by atomic mass is 16.5. The summed E-state index contributed by atoms with van der Waals surface area (Å²) in [5, 5.41) is 16.8. The van der Waals surface area contributed by atoms with Crippen molar-refractivity contribution in [3.63, 3.8) is 0 Å². The van der Waals surface area contributed by atoms with Crippen molar-refractivity contribution in [3.05, 3.63) is 23.8 Å². The summed E-state index contributed by atoms with van der Waals surface area (Å²) in [6.45, 7) is 3.29. The monoisotopic (exact) mass is 291 g/mol. The van der Waals surface area contributed by atoms with Gasteiger partial charge in [-0.25, -0.2) is 4.99 Å². The molecule has 0 bridgehead atoms. The standard InChI is InChI=1S/C16H25N3O2/c1-3-17-16(19-13-8-4-5-9-13)18-11-12-7-6-10-14(21-2)15(12)20/h6-7,10,13,20H,3-5,8-9,11H2,1-2H3,(H2,17,18,19). The number of hydrogen-bond acceptors (Lipinski definition) is 3. The van der Waals surface area contributed by atoms with E-state index in [0.29, 0.717) is 18.3 Å². The fourth-order valence-electron chi connectivity index (χ4n) is 2.61. The maximum atomic E-state index is 10.1. The van der Waals surface area contributed by atoms with E-state index < -0.39 is 0 Å². The minimum atomic E-state index is 0.167. The van der Waals surface area contributed by atoms with Crippen LogP contribution >= 0.6 is 0 Å². The van der Waals surface area contributed by atoms with E-state index in [1.165, 1.54) is 25.7 Å². The smallest absolute Gasteiger partial charge is 0.191 e. The van der Waals surface area contributed by atoms with Crippen molar-refractivity contribution < 1.29 is 9.84 Å². The molecule has 0 unspecified atom stereocenters. The van der Waals surface area contributed by atoms with Gasteiger partial charge in [-0.3, -0.25) is 0 Å². The number of phenols is 1. The van der Waals surface area contributed by atoms with Gasteiger partial charge in [0.25, 0.3) is 0 Å². The van der Waals surface area contributed by atoms with Crippen LogP contribution in [0.2, 0.25) is 0 Å². The number of ether oxygens (including phenoxy) is 1. The normalized spacial score (nSPS) is 16.0. The second kappa shape index (κ2) is 7.76. The van der Waals surface area contributed by atoms with Gasteiger partial charge in [-0.1, -0.05) is 25.0 Å². The number of nitrogens with zero attached hydrogens (tertiary/aromatic N) is 1. The molecule has 5 heteroatoms. The van der Waals surface area contributed by atoms with Crippen LogP contribution in [0, 0.1) is 0 Å². The summed E-state index contributed by atoms with van der Waals surface area (Å²) < 4.78 is 5.12. The third kappa shape index (κ3) is 4.28. The zero-order valence-electron chi connectivity index (χ0n) is 12.9. The van der Waals surface area contributed by atoms with Crippen LogP contribution in [-0.2, 0) is 6.54 Å². The number of rotatable bonds is 5. The average molecular weight is 291 g/mol. The Morgan fingerprint density at radius 2 is 2.14 bits per heavy atom.